The zero-order chi connectivity index (χ0) is 14.5. The highest BCUT2D eigenvalue weighted by Gasteiger charge is 2.14. The van der Waals surface area contributed by atoms with Gasteiger partial charge in [-0.3, -0.25) is 0 Å². The van der Waals surface area contributed by atoms with E-state index in [-0.39, 0.29) is 0 Å². The van der Waals surface area contributed by atoms with E-state index in [2.05, 4.69) is 35.3 Å². The number of hydrogen-bond acceptors (Lipinski definition) is 3. The maximum Gasteiger partial charge on any atom is 0.134 e. The van der Waals surface area contributed by atoms with Gasteiger partial charge in [0.2, 0.25) is 0 Å². The predicted octanol–water partition coefficient (Wildman–Crippen LogP) is 3.64. The Kier molecular flexibility index (Phi) is 4.94. The Morgan fingerprint density at radius 2 is 2.05 bits per heavy atom. The highest BCUT2D eigenvalue weighted by atomic mass is 16.3. The molecule has 0 amide bonds. The van der Waals surface area contributed by atoms with Gasteiger partial charge in [0.1, 0.15) is 11.3 Å². The summed E-state index contributed by atoms with van der Waals surface area (Å²) >= 11 is 0. The smallest absolute Gasteiger partial charge is 0.134 e. The molecule has 1 aromatic carbocycles. The van der Waals surface area contributed by atoms with Crippen LogP contribution in [0, 0.1) is 5.92 Å². The summed E-state index contributed by atoms with van der Waals surface area (Å²) in [5.41, 5.74) is 0.983. The molecule has 2 heterocycles. The minimum absolute atomic E-state index is 0.825. The van der Waals surface area contributed by atoms with E-state index in [0.717, 1.165) is 30.4 Å². The Hall–Kier alpha value is -1.32. The molecule has 1 saturated heterocycles. The maximum absolute atomic E-state index is 5.80. The van der Waals surface area contributed by atoms with Crippen molar-refractivity contribution >= 4 is 11.0 Å². The minimum Gasteiger partial charge on any atom is -0.460 e. The quantitative estimate of drug-likeness (QED) is 0.822. The van der Waals surface area contributed by atoms with Gasteiger partial charge in [-0.05, 0) is 63.5 Å². The van der Waals surface area contributed by atoms with Crippen molar-refractivity contribution in [3.63, 3.8) is 0 Å². The fourth-order valence-corrected chi connectivity index (χ4v) is 3.05. The predicted molar refractivity (Wildman–Crippen MR) is 87.4 cm³/mol. The van der Waals surface area contributed by atoms with Crippen LogP contribution in [0.25, 0.3) is 11.0 Å². The molecule has 0 aliphatic carbocycles. The largest absolute Gasteiger partial charge is 0.460 e. The summed E-state index contributed by atoms with van der Waals surface area (Å²) < 4.78 is 5.80. The summed E-state index contributed by atoms with van der Waals surface area (Å²) in [4.78, 5) is 2.60. The first-order chi connectivity index (χ1) is 10.3. The second-order valence-electron chi connectivity index (χ2n) is 6.31. The molecular weight excluding hydrogens is 260 g/mol. The van der Waals surface area contributed by atoms with Gasteiger partial charge < -0.3 is 14.6 Å². The summed E-state index contributed by atoms with van der Waals surface area (Å²) in [6, 6.07) is 10.3. The lowest BCUT2D eigenvalue weighted by atomic mass is 9.99. The van der Waals surface area contributed by atoms with Crippen molar-refractivity contribution in [1.29, 1.82) is 0 Å². The normalized spacial score (nSPS) is 17.6. The summed E-state index contributed by atoms with van der Waals surface area (Å²) in [5, 5.41) is 4.68. The zero-order valence-electron chi connectivity index (χ0n) is 13.0. The number of rotatable bonds is 6. The van der Waals surface area contributed by atoms with E-state index in [4.69, 9.17) is 4.42 Å². The molecule has 1 N–H and O–H groups in total. The van der Waals surface area contributed by atoms with Crippen molar-refractivity contribution < 1.29 is 4.42 Å². The Balaban J connectivity index is 1.34. The molecule has 0 saturated carbocycles. The Morgan fingerprint density at radius 1 is 1.24 bits per heavy atom. The fourth-order valence-electron chi connectivity index (χ4n) is 3.05. The van der Waals surface area contributed by atoms with Crippen LogP contribution in [0.15, 0.2) is 34.7 Å². The van der Waals surface area contributed by atoms with E-state index >= 15 is 0 Å². The highest BCUT2D eigenvalue weighted by molar-refractivity contribution is 5.77. The first-order valence-electron chi connectivity index (χ1n) is 8.22. The topological polar surface area (TPSA) is 28.4 Å². The second-order valence-corrected chi connectivity index (χ2v) is 6.31. The van der Waals surface area contributed by atoms with E-state index in [0.29, 0.717) is 0 Å². The van der Waals surface area contributed by atoms with Gasteiger partial charge >= 0.3 is 0 Å². The molecule has 0 unspecified atom stereocenters. The van der Waals surface area contributed by atoms with Crippen LogP contribution >= 0.6 is 0 Å². The average molecular weight is 286 g/mol. The molecule has 0 bridgehead atoms. The molecule has 1 aliphatic heterocycles. The number of benzene rings is 1. The molecule has 0 radical (unpaired) electrons. The van der Waals surface area contributed by atoms with Crippen LogP contribution in [0.2, 0.25) is 0 Å². The molecule has 2 aromatic rings. The lowest BCUT2D eigenvalue weighted by Crippen LogP contribution is -2.34. The van der Waals surface area contributed by atoms with Crippen LogP contribution in [0.5, 0.6) is 0 Å². The van der Waals surface area contributed by atoms with Gasteiger partial charge in [-0.2, -0.15) is 0 Å². The van der Waals surface area contributed by atoms with Gasteiger partial charge in [-0.25, -0.2) is 0 Å². The zero-order valence-corrected chi connectivity index (χ0v) is 13.0. The number of hydrogen-bond donors (Lipinski definition) is 1. The number of furan rings is 1. The van der Waals surface area contributed by atoms with Crippen molar-refractivity contribution in [2.45, 2.75) is 32.7 Å². The highest BCUT2D eigenvalue weighted by Crippen LogP contribution is 2.18. The Labute approximate surface area is 127 Å². The van der Waals surface area contributed by atoms with Gasteiger partial charge in [0, 0.05) is 5.39 Å². The van der Waals surface area contributed by atoms with Gasteiger partial charge in [0.15, 0.2) is 0 Å². The van der Waals surface area contributed by atoms with Crippen LogP contribution in [0.3, 0.4) is 0 Å². The molecule has 0 spiro atoms. The Morgan fingerprint density at radius 3 is 2.86 bits per heavy atom. The van der Waals surface area contributed by atoms with E-state index in [9.17, 15) is 0 Å². The summed E-state index contributed by atoms with van der Waals surface area (Å²) in [5.74, 6) is 1.95. The minimum atomic E-state index is 0.825. The van der Waals surface area contributed by atoms with Crippen LogP contribution in [0.4, 0.5) is 0 Å². The molecule has 1 aliphatic rings. The van der Waals surface area contributed by atoms with Crippen LogP contribution in [-0.2, 0) is 6.54 Å². The lowest BCUT2D eigenvalue weighted by Gasteiger charge is -2.30. The molecular formula is C18H26N2O. The number of nitrogens with one attached hydrogen (secondary N) is 1. The van der Waals surface area contributed by atoms with Gasteiger partial charge in [0.25, 0.3) is 0 Å². The van der Waals surface area contributed by atoms with Crippen molar-refractivity contribution in [3.05, 3.63) is 36.1 Å². The second kappa shape index (κ2) is 7.10. The van der Waals surface area contributed by atoms with Crippen LogP contribution in [-0.4, -0.2) is 31.1 Å². The summed E-state index contributed by atoms with van der Waals surface area (Å²) in [6.45, 7) is 8.04. The molecule has 114 valence electrons. The fraction of sp³-hybridized carbons (Fsp3) is 0.556. The molecule has 21 heavy (non-hydrogen) atoms. The molecule has 3 heteroatoms. The third kappa shape index (κ3) is 4.08. The van der Waals surface area contributed by atoms with Crippen LogP contribution < -0.4 is 5.32 Å². The summed E-state index contributed by atoms with van der Waals surface area (Å²) in [6.07, 6.45) is 3.95. The monoisotopic (exact) mass is 286 g/mol. The molecule has 1 aromatic heterocycles. The molecule has 3 rings (SSSR count). The maximum atomic E-state index is 5.80. The number of piperidine rings is 1. The number of likely N-dealkylation sites (tertiary alicyclic amines) is 1. The van der Waals surface area contributed by atoms with Crippen molar-refractivity contribution in [2.75, 3.05) is 26.2 Å². The molecule has 0 atom stereocenters. The molecule has 1 fully saturated rings. The third-order valence-corrected chi connectivity index (χ3v) is 4.48. The third-order valence-electron chi connectivity index (χ3n) is 4.48. The number of para-hydroxylation sites is 1. The van der Waals surface area contributed by atoms with E-state index < -0.39 is 0 Å². The van der Waals surface area contributed by atoms with E-state index in [1.165, 1.54) is 44.3 Å². The SMILES string of the molecule is CC1CCN(CCCNCc2cc3ccccc3o2)CC1. The van der Waals surface area contributed by atoms with Gasteiger partial charge in [0.05, 0.1) is 6.54 Å². The molecule has 3 nitrogen and oxygen atoms in total. The van der Waals surface area contributed by atoms with E-state index in [1.54, 1.807) is 0 Å². The van der Waals surface area contributed by atoms with E-state index in [1.807, 2.05) is 12.1 Å². The average Bonchev–Trinajstić information content (AvgIpc) is 2.91. The van der Waals surface area contributed by atoms with Crippen molar-refractivity contribution in [2.24, 2.45) is 5.92 Å². The number of fused-ring (bicyclic) bond motifs is 1. The van der Waals surface area contributed by atoms with Gasteiger partial charge in [-0.1, -0.05) is 25.1 Å². The van der Waals surface area contributed by atoms with Gasteiger partial charge in [-0.15, -0.1) is 0 Å². The van der Waals surface area contributed by atoms with Crippen molar-refractivity contribution in [3.8, 4) is 0 Å². The first kappa shape index (κ1) is 14.6. The first-order valence-corrected chi connectivity index (χ1v) is 8.22. The Bertz CT molecular complexity index is 522. The van der Waals surface area contributed by atoms with Crippen LogP contribution in [0.1, 0.15) is 31.9 Å². The summed E-state index contributed by atoms with van der Waals surface area (Å²) in [7, 11) is 0. The lowest BCUT2D eigenvalue weighted by molar-refractivity contribution is 0.190. The number of nitrogens with zero attached hydrogens (tertiary/aromatic N) is 1. The standard InChI is InChI=1S/C18H26N2O/c1-15-7-11-20(12-8-15)10-4-9-19-14-17-13-16-5-2-3-6-18(16)21-17/h2-3,5-6,13,15,19H,4,7-12,14H2,1H3. The van der Waals surface area contributed by atoms with Crippen molar-refractivity contribution in [1.82, 2.24) is 10.2 Å².